The predicted molar refractivity (Wildman–Crippen MR) is 86.0 cm³/mol. The maximum absolute atomic E-state index is 11.3. The normalized spacial score (nSPS) is 22.0. The van der Waals surface area contributed by atoms with Crippen LogP contribution in [0.5, 0.6) is 0 Å². The Bertz CT molecular complexity index is 502. The molecule has 0 amide bonds. The van der Waals surface area contributed by atoms with Gasteiger partial charge in [0.2, 0.25) is 0 Å². The van der Waals surface area contributed by atoms with Gasteiger partial charge >= 0.3 is 0 Å². The number of nitrogens with zero attached hydrogens (tertiary/aromatic N) is 2. The van der Waals surface area contributed by atoms with Crippen molar-refractivity contribution in [2.24, 2.45) is 5.73 Å². The van der Waals surface area contributed by atoms with Crippen LogP contribution >= 0.6 is 11.6 Å². The summed E-state index contributed by atoms with van der Waals surface area (Å²) in [5.41, 5.74) is 6.73. The summed E-state index contributed by atoms with van der Waals surface area (Å²) in [6.07, 6.45) is 4.83. The first-order chi connectivity index (χ1) is 10.0. The second-order valence-corrected chi connectivity index (χ2v) is 6.09. The minimum atomic E-state index is -0.330. The zero-order valence-electron chi connectivity index (χ0n) is 12.3. The molecule has 0 bridgehead atoms. The molecule has 0 atom stereocenters. The van der Waals surface area contributed by atoms with E-state index in [0.29, 0.717) is 16.8 Å². The fourth-order valence-corrected chi connectivity index (χ4v) is 3.20. The van der Waals surface area contributed by atoms with Gasteiger partial charge in [0.05, 0.1) is 4.92 Å². The molecule has 1 fully saturated rings. The first-order valence-electron chi connectivity index (χ1n) is 7.49. The predicted octanol–water partition coefficient (Wildman–Crippen LogP) is 3.73. The van der Waals surface area contributed by atoms with Gasteiger partial charge in [-0.1, -0.05) is 18.5 Å². The van der Waals surface area contributed by atoms with Crippen LogP contribution in [0, 0.1) is 10.1 Å². The lowest BCUT2D eigenvalue weighted by Crippen LogP contribution is -2.41. The lowest BCUT2D eigenvalue weighted by molar-refractivity contribution is -0.384. The zero-order valence-corrected chi connectivity index (χ0v) is 13.1. The first-order valence-corrected chi connectivity index (χ1v) is 7.87. The van der Waals surface area contributed by atoms with Crippen LogP contribution < -0.4 is 10.6 Å². The van der Waals surface area contributed by atoms with Crippen LogP contribution in [-0.4, -0.2) is 23.6 Å². The molecule has 0 spiro atoms. The van der Waals surface area contributed by atoms with E-state index < -0.39 is 0 Å². The summed E-state index contributed by atoms with van der Waals surface area (Å²) >= 11 is 6.06. The summed E-state index contributed by atoms with van der Waals surface area (Å²) < 4.78 is 0. The number of hydrogen-bond donors (Lipinski definition) is 1. The van der Waals surface area contributed by atoms with Crippen LogP contribution in [0.15, 0.2) is 18.2 Å². The number of nitrogens with two attached hydrogens (primary N) is 1. The maximum atomic E-state index is 11.3. The third kappa shape index (κ3) is 3.86. The topological polar surface area (TPSA) is 72.4 Å². The van der Waals surface area contributed by atoms with Crippen molar-refractivity contribution in [3.8, 4) is 0 Å². The zero-order chi connectivity index (χ0) is 15.4. The van der Waals surface area contributed by atoms with Gasteiger partial charge in [-0.15, -0.1) is 0 Å². The van der Waals surface area contributed by atoms with E-state index in [1.807, 2.05) is 0 Å². The third-order valence-corrected chi connectivity index (χ3v) is 4.33. The number of rotatable bonds is 5. The summed E-state index contributed by atoms with van der Waals surface area (Å²) in [6, 6.07) is 5.35. The van der Waals surface area contributed by atoms with E-state index >= 15 is 0 Å². The Morgan fingerprint density at radius 3 is 2.62 bits per heavy atom. The first kappa shape index (κ1) is 16.0. The van der Waals surface area contributed by atoms with Crippen molar-refractivity contribution in [2.75, 3.05) is 11.4 Å². The monoisotopic (exact) mass is 311 g/mol. The molecular formula is C15H22ClN3O2. The molecule has 1 aromatic carbocycles. The van der Waals surface area contributed by atoms with E-state index in [-0.39, 0.29) is 16.7 Å². The van der Waals surface area contributed by atoms with Gasteiger partial charge in [0.1, 0.15) is 5.69 Å². The Hall–Kier alpha value is -1.33. The fraction of sp³-hybridized carbons (Fsp3) is 0.600. The lowest BCUT2D eigenvalue weighted by atomic mass is 9.90. The second kappa shape index (κ2) is 7.09. The molecule has 5 nitrogen and oxygen atoms in total. The molecular weight excluding hydrogens is 290 g/mol. The highest BCUT2D eigenvalue weighted by molar-refractivity contribution is 6.31. The molecule has 0 unspecified atom stereocenters. The van der Waals surface area contributed by atoms with Crippen LogP contribution in [0.2, 0.25) is 5.02 Å². The molecule has 1 aliphatic rings. The van der Waals surface area contributed by atoms with Crippen molar-refractivity contribution < 1.29 is 4.92 Å². The molecule has 0 aromatic heterocycles. The molecule has 21 heavy (non-hydrogen) atoms. The van der Waals surface area contributed by atoms with Crippen molar-refractivity contribution in [1.82, 2.24) is 0 Å². The maximum Gasteiger partial charge on any atom is 0.292 e. The van der Waals surface area contributed by atoms with Gasteiger partial charge in [-0.05, 0) is 44.2 Å². The van der Waals surface area contributed by atoms with Crippen LogP contribution in [0.3, 0.4) is 0 Å². The van der Waals surface area contributed by atoms with Crippen molar-refractivity contribution in [1.29, 1.82) is 0 Å². The minimum Gasteiger partial charge on any atom is -0.363 e. The quantitative estimate of drug-likeness (QED) is 0.664. The summed E-state index contributed by atoms with van der Waals surface area (Å²) in [5.74, 6) is 0. The van der Waals surface area contributed by atoms with Gasteiger partial charge in [0.15, 0.2) is 0 Å². The van der Waals surface area contributed by atoms with E-state index in [9.17, 15) is 10.1 Å². The van der Waals surface area contributed by atoms with Crippen LogP contribution in [0.25, 0.3) is 0 Å². The molecule has 0 heterocycles. The molecule has 0 saturated heterocycles. The van der Waals surface area contributed by atoms with Gasteiger partial charge in [0.25, 0.3) is 5.69 Å². The Morgan fingerprint density at radius 2 is 2.05 bits per heavy atom. The average Bonchev–Trinajstić information content (AvgIpc) is 2.45. The fourth-order valence-electron chi connectivity index (χ4n) is 3.03. The number of anilines is 1. The number of halogens is 1. The lowest BCUT2D eigenvalue weighted by Gasteiger charge is -2.37. The third-order valence-electron chi connectivity index (χ3n) is 4.09. The molecule has 1 aromatic rings. The van der Waals surface area contributed by atoms with Gasteiger partial charge in [-0.2, -0.15) is 0 Å². The molecule has 6 heteroatoms. The Morgan fingerprint density at radius 1 is 1.38 bits per heavy atom. The largest absolute Gasteiger partial charge is 0.363 e. The highest BCUT2D eigenvalue weighted by Gasteiger charge is 2.28. The van der Waals surface area contributed by atoms with Crippen LogP contribution in [0.1, 0.15) is 39.0 Å². The van der Waals surface area contributed by atoms with E-state index in [4.69, 9.17) is 17.3 Å². The van der Waals surface area contributed by atoms with Crippen LogP contribution in [-0.2, 0) is 0 Å². The van der Waals surface area contributed by atoms with E-state index in [2.05, 4.69) is 11.8 Å². The number of nitro benzene ring substituents is 1. The number of hydrogen-bond acceptors (Lipinski definition) is 4. The highest BCUT2D eigenvalue weighted by atomic mass is 35.5. The van der Waals surface area contributed by atoms with Gasteiger partial charge in [-0.3, -0.25) is 10.1 Å². The van der Waals surface area contributed by atoms with Gasteiger partial charge in [-0.25, -0.2) is 0 Å². The molecule has 0 radical (unpaired) electrons. The SMILES string of the molecule is CCCN(c1cc(Cl)ccc1[N+](=O)[O-])C1CCC(N)CC1. The van der Waals surface area contributed by atoms with Crippen molar-refractivity contribution in [3.05, 3.63) is 33.3 Å². The molecule has 1 aliphatic carbocycles. The van der Waals surface area contributed by atoms with E-state index in [1.54, 1.807) is 12.1 Å². The van der Waals surface area contributed by atoms with E-state index in [0.717, 1.165) is 38.6 Å². The second-order valence-electron chi connectivity index (χ2n) is 5.65. The summed E-state index contributed by atoms with van der Waals surface area (Å²) in [7, 11) is 0. The minimum absolute atomic E-state index is 0.128. The summed E-state index contributed by atoms with van der Waals surface area (Å²) in [4.78, 5) is 13.1. The van der Waals surface area contributed by atoms with Crippen molar-refractivity contribution in [3.63, 3.8) is 0 Å². The number of nitro groups is 1. The smallest absolute Gasteiger partial charge is 0.292 e. The number of benzene rings is 1. The van der Waals surface area contributed by atoms with Crippen molar-refractivity contribution >= 4 is 23.0 Å². The molecule has 2 rings (SSSR count). The Labute approximate surface area is 130 Å². The molecule has 1 saturated carbocycles. The molecule has 116 valence electrons. The summed E-state index contributed by atoms with van der Waals surface area (Å²) in [6.45, 7) is 2.87. The Kier molecular flexibility index (Phi) is 5.42. The molecule has 0 aliphatic heterocycles. The van der Waals surface area contributed by atoms with E-state index in [1.165, 1.54) is 6.07 Å². The van der Waals surface area contributed by atoms with Crippen molar-refractivity contribution in [2.45, 2.75) is 51.1 Å². The average molecular weight is 312 g/mol. The van der Waals surface area contributed by atoms with Crippen LogP contribution in [0.4, 0.5) is 11.4 Å². The summed E-state index contributed by atoms with van der Waals surface area (Å²) in [5, 5.41) is 11.8. The highest BCUT2D eigenvalue weighted by Crippen LogP contribution is 2.35. The molecule has 2 N–H and O–H groups in total. The van der Waals surface area contributed by atoms with Gasteiger partial charge in [0, 0.05) is 29.7 Å². The Balaban J connectivity index is 2.33. The van der Waals surface area contributed by atoms with Gasteiger partial charge < -0.3 is 10.6 Å². The standard InChI is InChI=1S/C15H22ClN3O2/c1-2-9-18(13-6-4-12(17)5-7-13)15-10-11(16)3-8-14(15)19(20)21/h3,8,10,12-13H,2,4-7,9,17H2,1H3.